The number of nitrogens with one attached hydrogen (secondary N) is 1. The van der Waals surface area contributed by atoms with Crippen LogP contribution in [0.15, 0.2) is 23.1 Å². The molecule has 1 saturated heterocycles. The first-order chi connectivity index (χ1) is 10.1. The number of aliphatic hydroxyl groups excluding tert-OH is 1. The minimum atomic E-state index is -3.43. The van der Waals surface area contributed by atoms with Crippen LogP contribution in [0.5, 0.6) is 0 Å². The quantitative estimate of drug-likeness (QED) is 0.866. The number of anilines is 1. The first-order valence-electron chi connectivity index (χ1n) is 7.62. The molecule has 2 N–H and O–H groups in total. The van der Waals surface area contributed by atoms with Gasteiger partial charge in [0.1, 0.15) is 0 Å². The van der Waals surface area contributed by atoms with Crippen molar-refractivity contribution in [3.63, 3.8) is 0 Å². The third-order valence-electron chi connectivity index (χ3n) is 4.42. The van der Waals surface area contributed by atoms with Crippen molar-refractivity contribution in [2.75, 3.05) is 25.0 Å². The van der Waals surface area contributed by atoms with E-state index in [9.17, 15) is 8.42 Å². The Labute approximate surface area is 126 Å². The largest absolute Gasteiger partial charge is 0.396 e. The maximum absolute atomic E-state index is 12.8. The van der Waals surface area contributed by atoms with Crippen LogP contribution < -0.4 is 5.32 Å². The Hall–Kier alpha value is -1.11. The zero-order valence-electron chi connectivity index (χ0n) is 12.1. The molecule has 1 atom stereocenters. The molecule has 2 aliphatic heterocycles. The lowest BCUT2D eigenvalue weighted by Gasteiger charge is -2.24. The average Bonchev–Trinajstić information content (AvgIpc) is 3.13. The summed E-state index contributed by atoms with van der Waals surface area (Å²) >= 11 is 0. The highest BCUT2D eigenvalue weighted by atomic mass is 32.2. The van der Waals surface area contributed by atoms with E-state index >= 15 is 0 Å². The Kier molecular flexibility index (Phi) is 4.19. The zero-order chi connectivity index (χ0) is 14.9. The van der Waals surface area contributed by atoms with Crippen LogP contribution in [-0.2, 0) is 16.4 Å². The lowest BCUT2D eigenvalue weighted by molar-refractivity contribution is 0.264. The Morgan fingerprint density at radius 3 is 3.05 bits per heavy atom. The molecule has 2 aliphatic rings. The highest BCUT2D eigenvalue weighted by Gasteiger charge is 2.35. The maximum atomic E-state index is 12.8. The smallest absolute Gasteiger partial charge is 0.243 e. The Balaban J connectivity index is 1.85. The van der Waals surface area contributed by atoms with E-state index in [4.69, 9.17) is 5.11 Å². The number of hydrogen-bond acceptors (Lipinski definition) is 4. The van der Waals surface area contributed by atoms with Crippen LogP contribution in [-0.4, -0.2) is 43.6 Å². The summed E-state index contributed by atoms with van der Waals surface area (Å²) in [4.78, 5) is 0.381. The summed E-state index contributed by atoms with van der Waals surface area (Å²) in [7, 11) is -3.43. The second-order valence-corrected chi connectivity index (χ2v) is 7.66. The van der Waals surface area contributed by atoms with Crippen molar-refractivity contribution in [2.45, 2.75) is 43.0 Å². The van der Waals surface area contributed by atoms with Crippen LogP contribution in [0.1, 0.15) is 31.2 Å². The standard InChI is InChI=1S/C15H22N2O3S/c18-10-2-4-13-3-1-9-17(13)21(19,20)14-6-5-12-7-8-16-15(12)11-14/h5-6,11,13,16,18H,1-4,7-10H2. The summed E-state index contributed by atoms with van der Waals surface area (Å²) in [5.74, 6) is 0. The molecule has 0 saturated carbocycles. The topological polar surface area (TPSA) is 69.6 Å². The number of aliphatic hydroxyl groups is 1. The molecule has 21 heavy (non-hydrogen) atoms. The van der Waals surface area contributed by atoms with Crippen molar-refractivity contribution in [2.24, 2.45) is 0 Å². The monoisotopic (exact) mass is 310 g/mol. The first kappa shape index (κ1) is 14.8. The van der Waals surface area contributed by atoms with Gasteiger partial charge in [0, 0.05) is 31.4 Å². The van der Waals surface area contributed by atoms with Crippen molar-refractivity contribution in [1.82, 2.24) is 4.31 Å². The van der Waals surface area contributed by atoms with Crippen molar-refractivity contribution >= 4 is 15.7 Å². The predicted molar refractivity (Wildman–Crippen MR) is 81.9 cm³/mol. The van der Waals surface area contributed by atoms with E-state index in [-0.39, 0.29) is 12.6 Å². The second kappa shape index (κ2) is 5.94. The van der Waals surface area contributed by atoms with Crippen molar-refractivity contribution < 1.29 is 13.5 Å². The van der Waals surface area contributed by atoms with Crippen molar-refractivity contribution in [3.8, 4) is 0 Å². The molecule has 0 aliphatic carbocycles. The van der Waals surface area contributed by atoms with Gasteiger partial charge in [-0.25, -0.2) is 8.42 Å². The van der Waals surface area contributed by atoms with Crippen LogP contribution in [0.4, 0.5) is 5.69 Å². The van der Waals surface area contributed by atoms with E-state index in [0.717, 1.165) is 37.9 Å². The predicted octanol–water partition coefficient (Wildman–Crippen LogP) is 1.58. The number of nitrogens with zero attached hydrogens (tertiary/aromatic N) is 1. The lowest BCUT2D eigenvalue weighted by atomic mass is 10.1. The average molecular weight is 310 g/mol. The molecule has 0 radical (unpaired) electrons. The molecule has 0 bridgehead atoms. The summed E-state index contributed by atoms with van der Waals surface area (Å²) in [6.45, 7) is 1.58. The number of fused-ring (bicyclic) bond motifs is 1. The van der Waals surface area contributed by atoms with Crippen LogP contribution >= 0.6 is 0 Å². The molecule has 1 unspecified atom stereocenters. The minimum absolute atomic E-state index is 0.0309. The molecule has 0 aromatic heterocycles. The molecule has 1 aromatic carbocycles. The second-order valence-electron chi connectivity index (χ2n) is 5.77. The fraction of sp³-hybridized carbons (Fsp3) is 0.600. The van der Waals surface area contributed by atoms with E-state index in [1.807, 2.05) is 6.07 Å². The maximum Gasteiger partial charge on any atom is 0.243 e. The van der Waals surface area contributed by atoms with E-state index < -0.39 is 10.0 Å². The minimum Gasteiger partial charge on any atom is -0.396 e. The number of benzene rings is 1. The SMILES string of the molecule is O=S(=O)(c1ccc2c(c1)NCC2)N1CCCC1CCCO. The number of hydrogen-bond donors (Lipinski definition) is 2. The Bertz CT molecular complexity index is 615. The van der Waals surface area contributed by atoms with E-state index in [2.05, 4.69) is 5.32 Å². The zero-order valence-corrected chi connectivity index (χ0v) is 12.9. The van der Waals surface area contributed by atoms with Crippen LogP contribution in [0.3, 0.4) is 0 Å². The summed E-state index contributed by atoms with van der Waals surface area (Å²) < 4.78 is 27.3. The highest BCUT2D eigenvalue weighted by molar-refractivity contribution is 7.89. The van der Waals surface area contributed by atoms with E-state index in [1.54, 1.807) is 16.4 Å². The summed E-state index contributed by atoms with van der Waals surface area (Å²) in [5, 5.41) is 12.2. The Morgan fingerprint density at radius 2 is 2.24 bits per heavy atom. The number of rotatable bonds is 5. The lowest BCUT2D eigenvalue weighted by Crippen LogP contribution is -2.35. The molecular formula is C15H22N2O3S. The fourth-order valence-electron chi connectivity index (χ4n) is 3.31. The van der Waals surface area contributed by atoms with Gasteiger partial charge in [-0.05, 0) is 49.8 Å². The van der Waals surface area contributed by atoms with Crippen LogP contribution in [0.25, 0.3) is 0 Å². The van der Waals surface area contributed by atoms with Crippen LogP contribution in [0, 0.1) is 0 Å². The van der Waals surface area contributed by atoms with Gasteiger partial charge in [0.05, 0.1) is 4.90 Å². The molecule has 5 nitrogen and oxygen atoms in total. The third-order valence-corrected chi connectivity index (χ3v) is 6.36. The van der Waals surface area contributed by atoms with Gasteiger partial charge in [0.15, 0.2) is 0 Å². The summed E-state index contributed by atoms with van der Waals surface area (Å²) in [5.41, 5.74) is 2.13. The first-order valence-corrected chi connectivity index (χ1v) is 9.06. The summed E-state index contributed by atoms with van der Waals surface area (Å²) in [6, 6.07) is 5.44. The van der Waals surface area contributed by atoms with E-state index in [1.165, 1.54) is 5.56 Å². The molecule has 1 fully saturated rings. The molecular weight excluding hydrogens is 288 g/mol. The molecule has 0 amide bonds. The molecule has 6 heteroatoms. The fourth-order valence-corrected chi connectivity index (χ4v) is 5.06. The van der Waals surface area contributed by atoms with Crippen molar-refractivity contribution in [1.29, 1.82) is 0 Å². The van der Waals surface area contributed by atoms with Crippen molar-refractivity contribution in [3.05, 3.63) is 23.8 Å². The number of sulfonamides is 1. The third kappa shape index (κ3) is 2.80. The molecule has 116 valence electrons. The Morgan fingerprint density at radius 1 is 1.38 bits per heavy atom. The van der Waals surface area contributed by atoms with Gasteiger partial charge in [0.2, 0.25) is 10.0 Å². The van der Waals surface area contributed by atoms with Gasteiger partial charge in [-0.1, -0.05) is 6.07 Å². The van der Waals surface area contributed by atoms with Gasteiger partial charge in [-0.3, -0.25) is 0 Å². The van der Waals surface area contributed by atoms with Gasteiger partial charge < -0.3 is 10.4 Å². The molecule has 3 rings (SSSR count). The summed E-state index contributed by atoms with van der Waals surface area (Å²) in [6.07, 6.45) is 4.14. The van der Waals surface area contributed by atoms with Gasteiger partial charge in [-0.15, -0.1) is 0 Å². The molecule has 1 aromatic rings. The van der Waals surface area contributed by atoms with Gasteiger partial charge in [0.25, 0.3) is 0 Å². The van der Waals surface area contributed by atoms with E-state index in [0.29, 0.717) is 17.9 Å². The normalized spacial score (nSPS) is 22.2. The van der Waals surface area contributed by atoms with Gasteiger partial charge in [-0.2, -0.15) is 4.31 Å². The van der Waals surface area contributed by atoms with Gasteiger partial charge >= 0.3 is 0 Å². The molecule has 0 spiro atoms. The molecule has 2 heterocycles. The van der Waals surface area contributed by atoms with Crippen LogP contribution in [0.2, 0.25) is 0 Å². The highest BCUT2D eigenvalue weighted by Crippen LogP contribution is 2.31.